The second-order valence-electron chi connectivity index (χ2n) is 3.56. The molecular formula is C11H10BrF2N3. The Labute approximate surface area is 106 Å². The summed E-state index contributed by atoms with van der Waals surface area (Å²) in [5.41, 5.74) is 1.08. The molecule has 6 heteroatoms. The number of nitrogens with zero attached hydrogens (tertiary/aromatic N) is 3. The van der Waals surface area contributed by atoms with Crippen LogP contribution in [0.3, 0.4) is 0 Å². The van der Waals surface area contributed by atoms with E-state index < -0.39 is 11.6 Å². The number of benzene rings is 1. The molecule has 17 heavy (non-hydrogen) atoms. The largest absolute Gasteiger partial charge is 0.248 e. The van der Waals surface area contributed by atoms with Gasteiger partial charge in [-0.3, -0.25) is 0 Å². The van der Waals surface area contributed by atoms with Crippen molar-refractivity contribution < 1.29 is 8.78 Å². The summed E-state index contributed by atoms with van der Waals surface area (Å²) in [4.78, 5) is 0. The van der Waals surface area contributed by atoms with Crippen molar-refractivity contribution in [3.05, 3.63) is 47.3 Å². The fraction of sp³-hybridized carbons (Fsp3) is 0.273. The van der Waals surface area contributed by atoms with Crippen LogP contribution in [-0.2, 0) is 13.0 Å². The van der Waals surface area contributed by atoms with Gasteiger partial charge in [-0.2, -0.15) is 0 Å². The molecule has 0 fully saturated rings. The third-order valence-electron chi connectivity index (χ3n) is 2.30. The minimum atomic E-state index is -0.844. The molecular weight excluding hydrogens is 292 g/mol. The predicted molar refractivity (Wildman–Crippen MR) is 63.0 cm³/mol. The number of halogens is 3. The van der Waals surface area contributed by atoms with Gasteiger partial charge in [0, 0.05) is 23.5 Å². The van der Waals surface area contributed by atoms with Crippen molar-refractivity contribution in [3.8, 4) is 0 Å². The molecule has 3 nitrogen and oxygen atoms in total. The lowest BCUT2D eigenvalue weighted by atomic mass is 10.2. The minimum Gasteiger partial charge on any atom is -0.248 e. The smallest absolute Gasteiger partial charge is 0.163 e. The molecule has 0 radical (unpaired) electrons. The van der Waals surface area contributed by atoms with Gasteiger partial charge in [-0.05, 0) is 6.07 Å². The molecule has 1 heterocycles. The van der Waals surface area contributed by atoms with E-state index >= 15 is 0 Å². The van der Waals surface area contributed by atoms with Gasteiger partial charge in [0.15, 0.2) is 11.6 Å². The molecule has 0 saturated carbocycles. The van der Waals surface area contributed by atoms with Gasteiger partial charge in [0.1, 0.15) is 0 Å². The van der Waals surface area contributed by atoms with Gasteiger partial charge >= 0.3 is 0 Å². The molecule has 0 bridgehead atoms. The van der Waals surface area contributed by atoms with Crippen molar-refractivity contribution in [1.29, 1.82) is 0 Å². The van der Waals surface area contributed by atoms with Gasteiger partial charge in [0.25, 0.3) is 0 Å². The van der Waals surface area contributed by atoms with Gasteiger partial charge < -0.3 is 0 Å². The Morgan fingerprint density at radius 1 is 1.29 bits per heavy atom. The van der Waals surface area contributed by atoms with E-state index in [-0.39, 0.29) is 12.1 Å². The second kappa shape index (κ2) is 5.35. The summed E-state index contributed by atoms with van der Waals surface area (Å²) in [5, 5.41) is 8.57. The standard InChI is InChI=1S/C11H10BrF2N3/c12-5-4-9-7-17(16-15-9)6-8-2-1-3-10(13)11(8)14/h1-3,7H,4-6H2. The van der Waals surface area contributed by atoms with Crippen LogP contribution in [0.15, 0.2) is 24.4 Å². The topological polar surface area (TPSA) is 30.7 Å². The molecule has 0 saturated heterocycles. The number of rotatable bonds is 4. The summed E-state index contributed by atoms with van der Waals surface area (Å²) >= 11 is 3.30. The zero-order chi connectivity index (χ0) is 12.3. The van der Waals surface area contributed by atoms with Gasteiger partial charge in [-0.15, -0.1) is 5.10 Å². The molecule has 0 aliphatic carbocycles. The summed E-state index contributed by atoms with van der Waals surface area (Å²) in [6.07, 6.45) is 2.48. The Morgan fingerprint density at radius 3 is 2.88 bits per heavy atom. The van der Waals surface area contributed by atoms with E-state index in [1.807, 2.05) is 0 Å². The summed E-state index contributed by atoms with van der Waals surface area (Å²) in [7, 11) is 0. The zero-order valence-corrected chi connectivity index (χ0v) is 10.5. The molecule has 1 aromatic heterocycles. The van der Waals surface area contributed by atoms with Crippen molar-refractivity contribution in [2.75, 3.05) is 5.33 Å². The molecule has 0 N–H and O–H groups in total. The highest BCUT2D eigenvalue weighted by molar-refractivity contribution is 9.09. The lowest BCUT2D eigenvalue weighted by Gasteiger charge is -2.02. The highest BCUT2D eigenvalue weighted by Crippen LogP contribution is 2.12. The molecule has 1 aromatic carbocycles. The van der Waals surface area contributed by atoms with Crippen LogP contribution in [0.1, 0.15) is 11.3 Å². The highest BCUT2D eigenvalue weighted by Gasteiger charge is 2.09. The van der Waals surface area contributed by atoms with Crippen molar-refractivity contribution >= 4 is 15.9 Å². The Morgan fingerprint density at radius 2 is 2.12 bits per heavy atom. The molecule has 2 rings (SSSR count). The third-order valence-corrected chi connectivity index (χ3v) is 2.70. The van der Waals surface area contributed by atoms with Crippen LogP contribution in [0.2, 0.25) is 0 Å². The van der Waals surface area contributed by atoms with E-state index in [1.165, 1.54) is 16.8 Å². The van der Waals surface area contributed by atoms with Crippen LogP contribution in [-0.4, -0.2) is 20.3 Å². The van der Waals surface area contributed by atoms with Gasteiger partial charge in [-0.1, -0.05) is 33.3 Å². The van der Waals surface area contributed by atoms with Crippen LogP contribution < -0.4 is 0 Å². The fourth-order valence-electron chi connectivity index (χ4n) is 1.47. The summed E-state index contributed by atoms with van der Waals surface area (Å²) < 4.78 is 27.9. The van der Waals surface area contributed by atoms with Crippen LogP contribution in [0.5, 0.6) is 0 Å². The Balaban J connectivity index is 2.16. The van der Waals surface area contributed by atoms with Crippen molar-refractivity contribution in [3.63, 3.8) is 0 Å². The first-order valence-electron chi connectivity index (χ1n) is 5.08. The van der Waals surface area contributed by atoms with Crippen molar-refractivity contribution in [1.82, 2.24) is 15.0 Å². The predicted octanol–water partition coefficient (Wildman–Crippen LogP) is 2.54. The first kappa shape index (κ1) is 12.2. The van der Waals surface area contributed by atoms with E-state index in [1.54, 1.807) is 6.20 Å². The number of aromatic nitrogens is 3. The maximum atomic E-state index is 13.4. The van der Waals surface area contributed by atoms with Crippen molar-refractivity contribution in [2.24, 2.45) is 0 Å². The quantitative estimate of drug-likeness (QED) is 0.813. The molecule has 0 atom stereocenters. The number of hydrogen-bond donors (Lipinski definition) is 0. The first-order chi connectivity index (χ1) is 8.20. The van der Waals surface area contributed by atoms with Crippen LogP contribution >= 0.6 is 15.9 Å². The van der Waals surface area contributed by atoms with Gasteiger partial charge in [0.05, 0.1) is 12.2 Å². The minimum absolute atomic E-state index is 0.179. The van der Waals surface area contributed by atoms with Crippen molar-refractivity contribution in [2.45, 2.75) is 13.0 Å². The summed E-state index contributed by atoms with van der Waals surface area (Å²) in [6.45, 7) is 0.179. The molecule has 0 amide bonds. The average Bonchev–Trinajstić information content (AvgIpc) is 2.73. The van der Waals surface area contributed by atoms with Gasteiger partial charge in [0.2, 0.25) is 0 Å². The zero-order valence-electron chi connectivity index (χ0n) is 8.91. The number of aryl methyl sites for hydroxylation is 1. The van der Waals surface area contributed by atoms with Crippen LogP contribution in [0.4, 0.5) is 8.78 Å². The van der Waals surface area contributed by atoms with E-state index in [4.69, 9.17) is 0 Å². The maximum Gasteiger partial charge on any atom is 0.163 e. The highest BCUT2D eigenvalue weighted by atomic mass is 79.9. The molecule has 0 unspecified atom stereocenters. The lowest BCUT2D eigenvalue weighted by Crippen LogP contribution is -2.04. The van der Waals surface area contributed by atoms with E-state index in [2.05, 4.69) is 26.2 Å². The fourth-order valence-corrected chi connectivity index (χ4v) is 1.88. The normalized spacial score (nSPS) is 10.8. The Bertz CT molecular complexity index is 513. The molecule has 0 aliphatic rings. The molecule has 0 aliphatic heterocycles. The Kier molecular flexibility index (Phi) is 3.83. The molecule has 0 spiro atoms. The summed E-state index contributed by atoms with van der Waals surface area (Å²) in [5.74, 6) is -1.67. The monoisotopic (exact) mass is 301 g/mol. The van der Waals surface area contributed by atoms with Crippen LogP contribution in [0, 0.1) is 11.6 Å². The second-order valence-corrected chi connectivity index (χ2v) is 4.35. The average molecular weight is 302 g/mol. The van der Waals surface area contributed by atoms with E-state index in [0.717, 1.165) is 23.5 Å². The van der Waals surface area contributed by atoms with E-state index in [0.29, 0.717) is 0 Å². The maximum absolute atomic E-state index is 13.4. The molecule has 90 valence electrons. The summed E-state index contributed by atoms with van der Waals surface area (Å²) in [6, 6.07) is 4.10. The third kappa shape index (κ3) is 2.88. The van der Waals surface area contributed by atoms with Gasteiger partial charge in [-0.25, -0.2) is 13.5 Å². The number of hydrogen-bond acceptors (Lipinski definition) is 2. The van der Waals surface area contributed by atoms with Crippen LogP contribution in [0.25, 0.3) is 0 Å². The van der Waals surface area contributed by atoms with E-state index in [9.17, 15) is 8.78 Å². The molecule has 2 aromatic rings. The lowest BCUT2D eigenvalue weighted by molar-refractivity contribution is 0.490. The number of alkyl halides is 1. The Hall–Kier alpha value is -1.30. The SMILES string of the molecule is Fc1cccc(Cn2cc(CCBr)nn2)c1F. The first-order valence-corrected chi connectivity index (χ1v) is 6.20.